The highest BCUT2D eigenvalue weighted by Crippen LogP contribution is 2.29. The largest absolute Gasteiger partial charge is 0.355 e. The summed E-state index contributed by atoms with van der Waals surface area (Å²) in [5.74, 6) is 1.14. The fourth-order valence-electron chi connectivity index (χ4n) is 2.71. The van der Waals surface area contributed by atoms with Gasteiger partial charge in [0, 0.05) is 37.2 Å². The van der Waals surface area contributed by atoms with Gasteiger partial charge in [-0.05, 0) is 38.5 Å². The zero-order valence-electron chi connectivity index (χ0n) is 15.7. The van der Waals surface area contributed by atoms with Gasteiger partial charge in [0.25, 0.3) is 0 Å². The third-order valence-electron chi connectivity index (χ3n) is 4.04. The van der Waals surface area contributed by atoms with Crippen LogP contribution in [0.4, 0.5) is 10.1 Å². The summed E-state index contributed by atoms with van der Waals surface area (Å²) in [6, 6.07) is 4.28. The highest BCUT2D eigenvalue weighted by Gasteiger charge is 2.28. The first-order chi connectivity index (χ1) is 12.1. The highest BCUT2D eigenvalue weighted by molar-refractivity contribution is 8.00. The summed E-state index contributed by atoms with van der Waals surface area (Å²) in [4.78, 5) is 6.40. The van der Waals surface area contributed by atoms with Gasteiger partial charge in [0.2, 0.25) is 10.0 Å². The second-order valence-corrected chi connectivity index (χ2v) is 10.5. The fraction of sp³-hybridized carbons (Fsp3) is 0.588. The molecule has 0 bridgehead atoms. The normalized spacial score (nSPS) is 17.9. The molecule has 1 aromatic carbocycles. The van der Waals surface area contributed by atoms with Crippen LogP contribution in [0.1, 0.15) is 19.4 Å². The highest BCUT2D eigenvalue weighted by atomic mass is 32.2. The molecule has 1 aliphatic heterocycles. The molecular formula is C17H27FN4O2S2. The predicted molar refractivity (Wildman–Crippen MR) is 108 cm³/mol. The lowest BCUT2D eigenvalue weighted by molar-refractivity contribution is 0.377. The number of halogens is 1. The molecule has 0 saturated carbocycles. The first kappa shape index (κ1) is 20.8. The Hall–Kier alpha value is -1.48. The summed E-state index contributed by atoms with van der Waals surface area (Å²) in [6.45, 7) is 7.95. The topological polar surface area (TPSA) is 73.8 Å². The zero-order chi connectivity index (χ0) is 19.4. The van der Waals surface area contributed by atoms with Crippen LogP contribution in [0.5, 0.6) is 0 Å². The van der Waals surface area contributed by atoms with E-state index < -0.39 is 15.8 Å². The van der Waals surface area contributed by atoms with Crippen molar-refractivity contribution in [1.82, 2.24) is 10.2 Å². The molecule has 1 saturated heterocycles. The Morgan fingerprint density at radius 3 is 2.77 bits per heavy atom. The van der Waals surface area contributed by atoms with Crippen molar-refractivity contribution in [2.45, 2.75) is 25.5 Å². The smallest absolute Gasteiger partial charge is 0.234 e. The molecule has 6 nitrogen and oxygen atoms in total. The Bertz CT molecular complexity index is 766. The molecule has 0 aliphatic carbocycles. The van der Waals surface area contributed by atoms with Gasteiger partial charge in [0.1, 0.15) is 5.82 Å². The summed E-state index contributed by atoms with van der Waals surface area (Å²) in [5, 5.41) is 3.11. The number of hydrogen-bond acceptors (Lipinski definition) is 4. The quantitative estimate of drug-likeness (QED) is 0.584. The van der Waals surface area contributed by atoms with E-state index in [1.54, 1.807) is 26.1 Å². The molecule has 26 heavy (non-hydrogen) atoms. The first-order valence-corrected chi connectivity index (χ1v) is 11.1. The van der Waals surface area contributed by atoms with E-state index in [0.29, 0.717) is 11.5 Å². The molecule has 1 aliphatic rings. The Morgan fingerprint density at radius 1 is 1.42 bits per heavy atom. The molecule has 0 amide bonds. The second kappa shape index (κ2) is 8.47. The van der Waals surface area contributed by atoms with E-state index in [-0.39, 0.29) is 22.7 Å². The van der Waals surface area contributed by atoms with Crippen LogP contribution in [-0.4, -0.2) is 62.2 Å². The van der Waals surface area contributed by atoms with Crippen LogP contribution in [0.25, 0.3) is 0 Å². The van der Waals surface area contributed by atoms with Gasteiger partial charge in [-0.2, -0.15) is 11.8 Å². The minimum absolute atomic E-state index is 0.131. The van der Waals surface area contributed by atoms with E-state index >= 15 is 0 Å². The van der Waals surface area contributed by atoms with Crippen LogP contribution in [0, 0.1) is 12.7 Å². The summed E-state index contributed by atoms with van der Waals surface area (Å²) in [6.07, 6.45) is 0. The second-order valence-electron chi connectivity index (χ2n) is 6.89. The summed E-state index contributed by atoms with van der Waals surface area (Å²) >= 11 is 1.92. The number of sulfonamides is 1. The van der Waals surface area contributed by atoms with Gasteiger partial charge in [0.05, 0.1) is 11.4 Å². The Kier molecular flexibility index (Phi) is 6.79. The van der Waals surface area contributed by atoms with Crippen molar-refractivity contribution in [1.29, 1.82) is 0 Å². The minimum Gasteiger partial charge on any atom is -0.355 e. The Balaban J connectivity index is 1.89. The maximum Gasteiger partial charge on any atom is 0.234 e. The number of aryl methyl sites for hydroxylation is 1. The van der Waals surface area contributed by atoms with Gasteiger partial charge in [-0.1, -0.05) is 6.07 Å². The summed E-state index contributed by atoms with van der Waals surface area (Å²) in [7, 11) is -1.89. The van der Waals surface area contributed by atoms with Crippen LogP contribution < -0.4 is 10.0 Å². The number of aliphatic imine (C=N–C) groups is 1. The number of hydrogen-bond donors (Lipinski definition) is 2. The van der Waals surface area contributed by atoms with E-state index in [4.69, 9.17) is 0 Å². The Labute approximate surface area is 159 Å². The van der Waals surface area contributed by atoms with Crippen molar-refractivity contribution < 1.29 is 12.8 Å². The molecule has 1 aromatic rings. The van der Waals surface area contributed by atoms with Crippen LogP contribution >= 0.6 is 11.8 Å². The lowest BCUT2D eigenvalue weighted by atomic mass is 10.2. The maximum absolute atomic E-state index is 13.6. The number of nitrogens with zero attached hydrogens (tertiary/aromatic N) is 2. The monoisotopic (exact) mass is 402 g/mol. The van der Waals surface area contributed by atoms with E-state index in [9.17, 15) is 12.8 Å². The minimum atomic E-state index is -3.58. The van der Waals surface area contributed by atoms with Crippen molar-refractivity contribution in [3.8, 4) is 0 Å². The first-order valence-electron chi connectivity index (χ1n) is 8.48. The third kappa shape index (κ3) is 6.05. The fourth-order valence-corrected chi connectivity index (χ4v) is 4.78. The van der Waals surface area contributed by atoms with E-state index in [1.807, 2.05) is 11.8 Å². The molecule has 0 unspecified atom stereocenters. The summed E-state index contributed by atoms with van der Waals surface area (Å²) in [5.41, 5.74) is 0.702. The number of rotatable bonds is 5. The number of anilines is 1. The van der Waals surface area contributed by atoms with Crippen molar-refractivity contribution in [3.05, 3.63) is 29.6 Å². The van der Waals surface area contributed by atoms with Gasteiger partial charge < -0.3 is 10.2 Å². The molecule has 1 fully saturated rings. The number of nitrogens with one attached hydrogen (secondary N) is 2. The van der Waals surface area contributed by atoms with Gasteiger partial charge in [-0.25, -0.2) is 12.8 Å². The lowest BCUT2D eigenvalue weighted by Gasteiger charge is -2.39. The summed E-state index contributed by atoms with van der Waals surface area (Å²) < 4.78 is 40.5. The number of benzene rings is 1. The molecule has 0 spiro atoms. The van der Waals surface area contributed by atoms with Crippen LogP contribution in [0.3, 0.4) is 0 Å². The van der Waals surface area contributed by atoms with E-state index in [2.05, 4.69) is 33.8 Å². The zero-order valence-corrected chi connectivity index (χ0v) is 17.3. The number of thioether (sulfide) groups is 1. The van der Waals surface area contributed by atoms with Crippen LogP contribution in [-0.2, 0) is 10.0 Å². The average molecular weight is 403 g/mol. The molecule has 1 heterocycles. The molecule has 0 aromatic heterocycles. The third-order valence-corrected chi connectivity index (χ3v) is 6.62. The van der Waals surface area contributed by atoms with E-state index in [0.717, 1.165) is 18.8 Å². The molecule has 0 radical (unpaired) electrons. The number of guanidine groups is 1. The van der Waals surface area contributed by atoms with Gasteiger partial charge >= 0.3 is 0 Å². The van der Waals surface area contributed by atoms with E-state index in [1.165, 1.54) is 6.07 Å². The van der Waals surface area contributed by atoms with Gasteiger partial charge in [-0.15, -0.1) is 0 Å². The average Bonchev–Trinajstić information content (AvgIpc) is 2.54. The molecule has 2 rings (SSSR count). The maximum atomic E-state index is 13.6. The standard InChI is InChI=1S/C17H27FN4O2S2/c1-13-5-6-14(11-15(13)18)21-26(23,24)10-7-20-16(19-4)22-8-9-25-17(2,3)12-22/h5-6,11,21H,7-10,12H2,1-4H3,(H,19,20). The van der Waals surface area contributed by atoms with Crippen molar-refractivity contribution in [2.24, 2.45) is 4.99 Å². The van der Waals surface area contributed by atoms with Gasteiger partial charge in [0.15, 0.2) is 5.96 Å². The lowest BCUT2D eigenvalue weighted by Crippen LogP contribution is -2.51. The van der Waals surface area contributed by atoms with Crippen LogP contribution in [0.15, 0.2) is 23.2 Å². The molecular weight excluding hydrogens is 375 g/mol. The SMILES string of the molecule is CN=C(NCCS(=O)(=O)Nc1ccc(C)c(F)c1)N1CCSC(C)(C)C1. The van der Waals surface area contributed by atoms with Crippen molar-refractivity contribution in [2.75, 3.05) is 42.9 Å². The molecule has 0 atom stereocenters. The van der Waals surface area contributed by atoms with Crippen molar-refractivity contribution >= 4 is 33.4 Å². The van der Waals surface area contributed by atoms with Gasteiger partial charge in [-0.3, -0.25) is 9.71 Å². The van der Waals surface area contributed by atoms with Crippen LogP contribution in [0.2, 0.25) is 0 Å². The molecule has 146 valence electrons. The van der Waals surface area contributed by atoms with Crippen molar-refractivity contribution in [3.63, 3.8) is 0 Å². The molecule has 2 N–H and O–H groups in total. The predicted octanol–water partition coefficient (Wildman–Crippen LogP) is 2.28. The molecule has 9 heteroatoms. The Morgan fingerprint density at radius 2 is 2.15 bits per heavy atom.